The second-order valence-electron chi connectivity index (χ2n) is 11.0. The van der Waals surface area contributed by atoms with E-state index in [0.29, 0.717) is 5.56 Å². The number of benzene rings is 4. The predicted octanol–water partition coefficient (Wildman–Crippen LogP) is 7.94. The molecule has 230 valence electrons. The molecule has 45 heavy (non-hydrogen) atoms. The second-order valence-corrected chi connectivity index (χ2v) is 11.0. The molecule has 0 atom stereocenters. The van der Waals surface area contributed by atoms with Gasteiger partial charge in [0.2, 0.25) is 0 Å². The standard InChI is InChI=1S/C38H40N4O3/c1-6-40(7-2)28-20-22-32-35(25-28)45-36-26-29(41(8-3)9-4)21-23-33(36)38(32)31-18-12-11-17-30(31)37(43)42(38)39-24-14-16-27-15-10-13-19-34(27)44-5/h10-26H,6-9H2,1-5H3/b16-14+,39-24+. The number of allylic oxidation sites excluding steroid dienone is 1. The fraction of sp³-hybridized carbons (Fsp3) is 0.263. The van der Waals surface area contributed by atoms with E-state index in [9.17, 15) is 4.79 Å². The van der Waals surface area contributed by atoms with Crippen molar-refractivity contribution in [2.75, 3.05) is 43.1 Å². The molecule has 0 N–H and O–H groups in total. The average Bonchev–Trinajstić information content (AvgIpc) is 3.32. The van der Waals surface area contributed by atoms with E-state index >= 15 is 0 Å². The van der Waals surface area contributed by atoms with Crippen LogP contribution in [0.25, 0.3) is 6.08 Å². The molecule has 0 saturated heterocycles. The van der Waals surface area contributed by atoms with Crippen LogP contribution in [0, 0.1) is 0 Å². The summed E-state index contributed by atoms with van der Waals surface area (Å²) in [5.74, 6) is 2.05. The Bertz CT molecular complexity index is 1710. The number of para-hydroxylation sites is 1. The number of anilines is 2. The molecule has 0 fully saturated rings. The van der Waals surface area contributed by atoms with Gasteiger partial charge in [-0.2, -0.15) is 5.10 Å². The topological polar surface area (TPSA) is 57.6 Å². The summed E-state index contributed by atoms with van der Waals surface area (Å²) in [6.07, 6.45) is 5.46. The first kappa shape index (κ1) is 30.0. The van der Waals surface area contributed by atoms with Crippen molar-refractivity contribution >= 4 is 29.6 Å². The van der Waals surface area contributed by atoms with E-state index in [1.165, 1.54) is 0 Å². The largest absolute Gasteiger partial charge is 0.496 e. The van der Waals surface area contributed by atoms with Gasteiger partial charge in [0.05, 0.1) is 7.11 Å². The number of amides is 1. The van der Waals surface area contributed by atoms with Crippen molar-refractivity contribution in [2.45, 2.75) is 33.2 Å². The number of nitrogens with zero attached hydrogens (tertiary/aromatic N) is 4. The van der Waals surface area contributed by atoms with Gasteiger partial charge in [0, 0.05) is 83.7 Å². The van der Waals surface area contributed by atoms with Crippen molar-refractivity contribution in [3.05, 3.63) is 119 Å². The Labute approximate surface area is 266 Å². The summed E-state index contributed by atoms with van der Waals surface area (Å²) in [4.78, 5) is 18.9. The first-order valence-electron chi connectivity index (χ1n) is 15.8. The number of hydrogen-bond donors (Lipinski definition) is 0. The number of ether oxygens (including phenoxy) is 2. The summed E-state index contributed by atoms with van der Waals surface area (Å²) in [6.45, 7) is 12.1. The molecule has 0 bridgehead atoms. The first-order valence-corrected chi connectivity index (χ1v) is 15.8. The molecule has 4 aromatic carbocycles. The third kappa shape index (κ3) is 4.92. The van der Waals surface area contributed by atoms with Crippen LogP contribution in [0.2, 0.25) is 0 Å². The highest BCUT2D eigenvalue weighted by Gasteiger charge is 2.57. The van der Waals surface area contributed by atoms with E-state index in [1.54, 1.807) is 18.3 Å². The smallest absolute Gasteiger partial charge is 0.275 e. The Morgan fingerprint density at radius 2 is 1.36 bits per heavy atom. The number of fused-ring (bicyclic) bond motifs is 6. The molecule has 0 aliphatic carbocycles. The van der Waals surface area contributed by atoms with Crippen molar-refractivity contribution in [3.63, 3.8) is 0 Å². The lowest BCUT2D eigenvalue weighted by molar-refractivity contribution is 0.0675. The van der Waals surface area contributed by atoms with Gasteiger partial charge < -0.3 is 19.3 Å². The molecule has 1 amide bonds. The molecule has 0 unspecified atom stereocenters. The molecule has 0 aromatic heterocycles. The van der Waals surface area contributed by atoms with Gasteiger partial charge in [-0.05, 0) is 64.1 Å². The highest BCUT2D eigenvalue weighted by atomic mass is 16.5. The van der Waals surface area contributed by atoms with Crippen molar-refractivity contribution in [2.24, 2.45) is 5.10 Å². The van der Waals surface area contributed by atoms with Crippen LogP contribution in [0.4, 0.5) is 11.4 Å². The van der Waals surface area contributed by atoms with Gasteiger partial charge in [-0.25, -0.2) is 5.01 Å². The maximum absolute atomic E-state index is 14.3. The number of hydrogen-bond acceptors (Lipinski definition) is 6. The third-order valence-corrected chi connectivity index (χ3v) is 8.93. The van der Waals surface area contributed by atoms with Crippen molar-refractivity contribution < 1.29 is 14.3 Å². The molecule has 6 rings (SSSR count). The fourth-order valence-electron chi connectivity index (χ4n) is 6.70. The minimum absolute atomic E-state index is 0.160. The molecule has 4 aromatic rings. The minimum Gasteiger partial charge on any atom is -0.496 e. The van der Waals surface area contributed by atoms with Crippen molar-refractivity contribution in [3.8, 4) is 17.2 Å². The average molecular weight is 601 g/mol. The van der Waals surface area contributed by atoms with Gasteiger partial charge in [0.1, 0.15) is 22.8 Å². The van der Waals surface area contributed by atoms with Gasteiger partial charge in [-0.1, -0.05) is 48.5 Å². The minimum atomic E-state index is -1.02. The lowest BCUT2D eigenvalue weighted by Crippen LogP contribution is -2.44. The Hall–Kier alpha value is -5.04. The van der Waals surface area contributed by atoms with Crippen molar-refractivity contribution in [1.82, 2.24) is 5.01 Å². The number of carbonyl (C=O) groups excluding carboxylic acids is 1. The van der Waals surface area contributed by atoms with E-state index in [-0.39, 0.29) is 5.91 Å². The Balaban J connectivity index is 1.57. The molecule has 2 aliphatic rings. The Morgan fingerprint density at radius 1 is 0.778 bits per heavy atom. The molecule has 2 aliphatic heterocycles. The van der Waals surface area contributed by atoms with Crippen LogP contribution in [0.1, 0.15) is 60.3 Å². The molecular formula is C38H40N4O3. The maximum atomic E-state index is 14.3. The van der Waals surface area contributed by atoms with E-state index < -0.39 is 5.54 Å². The molecule has 7 nitrogen and oxygen atoms in total. The number of carbonyl (C=O) groups is 1. The number of rotatable bonds is 10. The molecule has 1 spiro atoms. The van der Waals surface area contributed by atoms with Crippen LogP contribution >= 0.6 is 0 Å². The number of hydrazone groups is 1. The monoisotopic (exact) mass is 600 g/mol. The van der Waals surface area contributed by atoms with E-state index in [1.807, 2.05) is 60.7 Å². The molecule has 7 heteroatoms. The van der Waals surface area contributed by atoms with Crippen LogP contribution in [-0.2, 0) is 5.54 Å². The third-order valence-electron chi connectivity index (χ3n) is 8.93. The van der Waals surface area contributed by atoms with Crippen LogP contribution in [0.3, 0.4) is 0 Å². The van der Waals surface area contributed by atoms with Crippen LogP contribution in [-0.4, -0.2) is 50.4 Å². The van der Waals surface area contributed by atoms with Gasteiger partial charge in [0.25, 0.3) is 5.91 Å². The summed E-state index contributed by atoms with van der Waals surface area (Å²) in [6, 6.07) is 28.3. The normalized spacial score (nSPS) is 14.4. The maximum Gasteiger partial charge on any atom is 0.275 e. The number of methoxy groups -OCH3 is 1. The van der Waals surface area contributed by atoms with Gasteiger partial charge in [-0.3, -0.25) is 4.79 Å². The molecule has 0 radical (unpaired) electrons. The van der Waals surface area contributed by atoms with E-state index in [2.05, 4.69) is 73.9 Å². The van der Waals surface area contributed by atoms with E-state index in [0.717, 1.165) is 77.1 Å². The van der Waals surface area contributed by atoms with E-state index in [4.69, 9.17) is 14.6 Å². The van der Waals surface area contributed by atoms with Gasteiger partial charge in [0.15, 0.2) is 0 Å². The summed E-state index contributed by atoms with van der Waals surface area (Å²) in [5.41, 5.74) is 5.33. The Morgan fingerprint density at radius 3 is 1.96 bits per heavy atom. The van der Waals surface area contributed by atoms with Crippen LogP contribution < -0.4 is 19.3 Å². The molecule has 0 saturated carbocycles. The van der Waals surface area contributed by atoms with Crippen LogP contribution in [0.15, 0.2) is 96.1 Å². The van der Waals surface area contributed by atoms with Gasteiger partial charge >= 0.3 is 0 Å². The lowest BCUT2D eigenvalue weighted by Gasteiger charge is -2.42. The second kappa shape index (κ2) is 12.5. The summed E-state index contributed by atoms with van der Waals surface area (Å²) < 4.78 is 12.3. The first-order chi connectivity index (χ1) is 22.0. The Kier molecular flexibility index (Phi) is 8.35. The van der Waals surface area contributed by atoms with Crippen LogP contribution in [0.5, 0.6) is 17.2 Å². The van der Waals surface area contributed by atoms with Gasteiger partial charge in [-0.15, -0.1) is 0 Å². The SMILES string of the molecule is CCN(CC)c1ccc2c(c1)Oc1cc(N(CC)CC)ccc1C21c2ccccc2C(=O)N1/N=C/C=C/c1ccccc1OC. The summed E-state index contributed by atoms with van der Waals surface area (Å²) >= 11 is 0. The lowest BCUT2D eigenvalue weighted by atomic mass is 9.75. The summed E-state index contributed by atoms with van der Waals surface area (Å²) in [7, 11) is 1.65. The fourth-order valence-corrected chi connectivity index (χ4v) is 6.70. The zero-order valence-corrected chi connectivity index (χ0v) is 26.7. The molecular weight excluding hydrogens is 560 g/mol. The van der Waals surface area contributed by atoms with Crippen molar-refractivity contribution in [1.29, 1.82) is 0 Å². The predicted molar refractivity (Wildman–Crippen MR) is 183 cm³/mol. The molecule has 2 heterocycles. The zero-order chi connectivity index (χ0) is 31.6. The zero-order valence-electron chi connectivity index (χ0n) is 26.7. The summed E-state index contributed by atoms with van der Waals surface area (Å²) in [5, 5.41) is 6.54. The highest BCUT2D eigenvalue weighted by molar-refractivity contribution is 6.02. The quantitative estimate of drug-likeness (QED) is 0.173. The highest BCUT2D eigenvalue weighted by Crippen LogP contribution is 2.58.